The van der Waals surface area contributed by atoms with Gasteiger partial charge in [-0.25, -0.2) is 0 Å². The molecule has 0 bridgehead atoms. The normalized spacial score (nSPS) is 15.8. The molecular formula is C24H27N2O2S+. The molecule has 1 aliphatic rings. The number of aryl methyl sites for hydroxylation is 1. The van der Waals surface area contributed by atoms with Gasteiger partial charge in [0.15, 0.2) is 0 Å². The van der Waals surface area contributed by atoms with Gasteiger partial charge in [0.1, 0.15) is 24.1 Å². The van der Waals surface area contributed by atoms with Gasteiger partial charge in [-0.2, -0.15) is 0 Å². The summed E-state index contributed by atoms with van der Waals surface area (Å²) in [6, 6.07) is 20.2. The number of hydrogen-bond donors (Lipinski definition) is 2. The molecule has 1 aromatic heterocycles. The lowest BCUT2D eigenvalue weighted by Crippen LogP contribution is -3.14. The maximum Gasteiger partial charge on any atom is 0.256 e. The van der Waals surface area contributed by atoms with E-state index in [1.165, 1.54) is 26.5 Å². The molecule has 2 N–H and O–H groups in total. The van der Waals surface area contributed by atoms with Crippen molar-refractivity contribution in [1.29, 1.82) is 0 Å². The third-order valence-electron chi connectivity index (χ3n) is 5.66. The highest BCUT2D eigenvalue weighted by Gasteiger charge is 2.33. The first-order valence-electron chi connectivity index (χ1n) is 10.1. The van der Waals surface area contributed by atoms with Crippen molar-refractivity contribution in [2.45, 2.75) is 19.9 Å². The van der Waals surface area contributed by atoms with Crippen LogP contribution < -0.4 is 10.2 Å². The minimum atomic E-state index is -0.0584. The molecule has 0 saturated carbocycles. The quantitative estimate of drug-likeness (QED) is 0.678. The predicted octanol–water partition coefficient (Wildman–Crippen LogP) is 3.62. The Morgan fingerprint density at radius 2 is 1.62 bits per heavy atom. The van der Waals surface area contributed by atoms with Crippen molar-refractivity contribution in [3.8, 4) is 0 Å². The molecule has 4 nitrogen and oxygen atoms in total. The first-order chi connectivity index (χ1) is 14.1. The first kappa shape index (κ1) is 19.8. The number of anilines is 1. The van der Waals surface area contributed by atoms with Crippen LogP contribution in [-0.4, -0.2) is 32.2 Å². The largest absolute Gasteiger partial charge is 0.370 e. The number of quaternary nitrogens is 1. The van der Waals surface area contributed by atoms with E-state index in [-0.39, 0.29) is 11.9 Å². The molecule has 0 unspecified atom stereocenters. The summed E-state index contributed by atoms with van der Waals surface area (Å²) in [5, 5.41) is 4.17. The Labute approximate surface area is 176 Å². The summed E-state index contributed by atoms with van der Waals surface area (Å²) in [5.74, 6) is -0.0584. The zero-order chi connectivity index (χ0) is 20.2. The van der Waals surface area contributed by atoms with Crippen LogP contribution in [0.1, 0.15) is 38.0 Å². The van der Waals surface area contributed by atoms with Crippen LogP contribution in [0.3, 0.4) is 0 Å². The van der Waals surface area contributed by atoms with Crippen molar-refractivity contribution >= 4 is 22.2 Å². The fraction of sp³-hybridized carbons (Fsp3) is 0.292. The number of morpholine rings is 1. The minimum Gasteiger partial charge on any atom is -0.370 e. The lowest BCUT2D eigenvalue weighted by atomic mass is 9.94. The average molecular weight is 408 g/mol. The van der Waals surface area contributed by atoms with Crippen LogP contribution in [-0.2, 0) is 4.74 Å². The summed E-state index contributed by atoms with van der Waals surface area (Å²) in [4.78, 5) is 15.6. The number of nitrogens with one attached hydrogen (secondary N) is 2. The summed E-state index contributed by atoms with van der Waals surface area (Å²) in [6.07, 6.45) is 0. The van der Waals surface area contributed by atoms with E-state index in [4.69, 9.17) is 4.74 Å². The second kappa shape index (κ2) is 8.91. The summed E-state index contributed by atoms with van der Waals surface area (Å²) >= 11 is 1.67. The summed E-state index contributed by atoms with van der Waals surface area (Å²) in [6.45, 7) is 7.77. The maximum atomic E-state index is 12.9. The van der Waals surface area contributed by atoms with Gasteiger partial charge in [-0.15, -0.1) is 11.3 Å². The van der Waals surface area contributed by atoms with Gasteiger partial charge in [0.25, 0.3) is 5.91 Å². The van der Waals surface area contributed by atoms with E-state index in [9.17, 15) is 4.79 Å². The zero-order valence-electron chi connectivity index (χ0n) is 16.9. The molecule has 29 heavy (non-hydrogen) atoms. The number of ether oxygens (including phenoxy) is 1. The van der Waals surface area contributed by atoms with Crippen molar-refractivity contribution in [3.63, 3.8) is 0 Å². The van der Waals surface area contributed by atoms with Gasteiger partial charge < -0.3 is 15.0 Å². The van der Waals surface area contributed by atoms with Gasteiger partial charge in [0.05, 0.1) is 18.8 Å². The van der Waals surface area contributed by atoms with Crippen LogP contribution >= 0.6 is 11.3 Å². The lowest BCUT2D eigenvalue weighted by molar-refractivity contribution is -0.933. The van der Waals surface area contributed by atoms with Crippen LogP contribution in [0.4, 0.5) is 5.00 Å². The topological polar surface area (TPSA) is 42.8 Å². The number of amides is 1. The first-order valence-corrected chi connectivity index (χ1v) is 10.9. The van der Waals surface area contributed by atoms with E-state index >= 15 is 0 Å². The molecule has 0 aliphatic carbocycles. The third-order valence-corrected chi connectivity index (χ3v) is 6.80. The smallest absolute Gasteiger partial charge is 0.256 e. The van der Waals surface area contributed by atoms with Crippen LogP contribution in [0, 0.1) is 13.8 Å². The van der Waals surface area contributed by atoms with Crippen molar-refractivity contribution in [3.05, 3.63) is 87.8 Å². The maximum absolute atomic E-state index is 12.9. The van der Waals surface area contributed by atoms with Gasteiger partial charge in [-0.05, 0) is 31.5 Å². The number of carbonyl (C=O) groups excluding carboxylic acids is 1. The Hall–Kier alpha value is -2.47. The molecule has 4 rings (SSSR count). The number of carbonyl (C=O) groups is 1. The fourth-order valence-electron chi connectivity index (χ4n) is 4.02. The number of thiophene rings is 1. The summed E-state index contributed by atoms with van der Waals surface area (Å²) in [5.41, 5.74) is 4.46. The summed E-state index contributed by atoms with van der Waals surface area (Å²) < 4.78 is 5.62. The molecule has 2 aromatic carbocycles. The molecule has 3 aromatic rings. The molecule has 1 aliphatic heterocycles. The van der Waals surface area contributed by atoms with Gasteiger partial charge in [-0.3, -0.25) is 4.79 Å². The Balaban J connectivity index is 1.75. The van der Waals surface area contributed by atoms with Crippen LogP contribution in [0.25, 0.3) is 0 Å². The lowest BCUT2D eigenvalue weighted by Gasteiger charge is -2.32. The van der Waals surface area contributed by atoms with E-state index in [0.717, 1.165) is 31.3 Å². The van der Waals surface area contributed by atoms with Crippen molar-refractivity contribution in [1.82, 2.24) is 0 Å². The fourth-order valence-corrected chi connectivity index (χ4v) is 5.12. The molecule has 1 atom stereocenters. The van der Waals surface area contributed by atoms with Crippen LogP contribution in [0.15, 0.2) is 60.7 Å². The number of benzene rings is 2. The highest BCUT2D eigenvalue weighted by atomic mass is 32.1. The van der Waals surface area contributed by atoms with Gasteiger partial charge in [0, 0.05) is 16.0 Å². The standard InChI is InChI=1S/C24H26N2O2S/c1-17-18(2)29-24(25-23(27)20-11-7-4-8-12-20)21(17)22(19-9-5-3-6-10-19)26-13-15-28-16-14-26/h3-12,22H,13-16H2,1-2H3,(H,25,27)/p+1/t22-/m1/s1. The van der Waals surface area contributed by atoms with E-state index in [1.807, 2.05) is 30.3 Å². The Bertz CT molecular complexity index is 963. The highest BCUT2D eigenvalue weighted by molar-refractivity contribution is 7.16. The molecule has 150 valence electrons. The van der Waals surface area contributed by atoms with E-state index in [0.29, 0.717) is 5.56 Å². The van der Waals surface area contributed by atoms with Crippen molar-refractivity contribution in [2.75, 3.05) is 31.6 Å². The molecular weight excluding hydrogens is 380 g/mol. The predicted molar refractivity (Wildman–Crippen MR) is 118 cm³/mol. The highest BCUT2D eigenvalue weighted by Crippen LogP contribution is 2.38. The molecule has 2 heterocycles. The Kier molecular flexibility index (Phi) is 6.09. The van der Waals surface area contributed by atoms with E-state index in [1.54, 1.807) is 11.3 Å². The molecule has 1 fully saturated rings. The van der Waals surface area contributed by atoms with Crippen LogP contribution in [0.5, 0.6) is 0 Å². The van der Waals surface area contributed by atoms with Gasteiger partial charge >= 0.3 is 0 Å². The van der Waals surface area contributed by atoms with Crippen molar-refractivity contribution in [2.24, 2.45) is 0 Å². The van der Waals surface area contributed by atoms with Crippen LogP contribution in [0.2, 0.25) is 0 Å². The van der Waals surface area contributed by atoms with Gasteiger partial charge in [0.2, 0.25) is 0 Å². The molecule has 0 spiro atoms. The molecule has 1 saturated heterocycles. The second-order valence-corrected chi connectivity index (χ2v) is 8.69. The average Bonchev–Trinajstić information content (AvgIpc) is 3.04. The van der Waals surface area contributed by atoms with Gasteiger partial charge in [-0.1, -0.05) is 48.5 Å². The molecule has 1 amide bonds. The van der Waals surface area contributed by atoms with E-state index in [2.05, 4.69) is 49.5 Å². The third kappa shape index (κ3) is 4.27. The molecule has 5 heteroatoms. The SMILES string of the molecule is Cc1sc(NC(=O)c2ccccc2)c([C@@H](c2ccccc2)[NH+]2CCOCC2)c1C. The monoisotopic (exact) mass is 407 g/mol. The molecule has 0 radical (unpaired) electrons. The van der Waals surface area contributed by atoms with Crippen molar-refractivity contribution < 1.29 is 14.4 Å². The zero-order valence-corrected chi connectivity index (χ0v) is 17.7. The van der Waals surface area contributed by atoms with E-state index < -0.39 is 0 Å². The number of rotatable bonds is 5. The number of hydrogen-bond acceptors (Lipinski definition) is 3. The minimum absolute atomic E-state index is 0.0584. The Morgan fingerprint density at radius 3 is 2.28 bits per heavy atom. The summed E-state index contributed by atoms with van der Waals surface area (Å²) in [7, 11) is 0. The second-order valence-electron chi connectivity index (χ2n) is 7.46. The Morgan fingerprint density at radius 1 is 1.00 bits per heavy atom.